The molecule has 1 aliphatic rings. The second-order valence-corrected chi connectivity index (χ2v) is 5.80. The summed E-state index contributed by atoms with van der Waals surface area (Å²) in [5.74, 6) is 1.73. The highest BCUT2D eigenvalue weighted by atomic mass is 16.5. The zero-order chi connectivity index (χ0) is 16.1. The molecule has 0 aliphatic carbocycles. The van der Waals surface area contributed by atoms with E-state index in [1.807, 2.05) is 23.1 Å². The van der Waals surface area contributed by atoms with Crippen molar-refractivity contribution < 1.29 is 14.3 Å². The smallest absolute Gasteiger partial charge is 0.222 e. The van der Waals surface area contributed by atoms with Crippen LogP contribution in [0.15, 0.2) is 18.2 Å². The lowest BCUT2D eigenvalue weighted by molar-refractivity contribution is -0.127. The van der Waals surface area contributed by atoms with E-state index in [4.69, 9.17) is 15.2 Å². The third-order valence-corrected chi connectivity index (χ3v) is 4.33. The molecule has 0 bridgehead atoms. The van der Waals surface area contributed by atoms with Crippen molar-refractivity contribution in [3.8, 4) is 11.5 Å². The lowest BCUT2D eigenvalue weighted by Crippen LogP contribution is -2.28. The molecular weight excluding hydrogens is 280 g/mol. The molecule has 0 saturated carbocycles. The van der Waals surface area contributed by atoms with Gasteiger partial charge in [-0.1, -0.05) is 19.4 Å². The van der Waals surface area contributed by atoms with Gasteiger partial charge in [0.25, 0.3) is 0 Å². The van der Waals surface area contributed by atoms with Gasteiger partial charge in [-0.3, -0.25) is 4.79 Å². The number of hydrogen-bond acceptors (Lipinski definition) is 4. The number of nitrogens with zero attached hydrogens (tertiary/aromatic N) is 1. The summed E-state index contributed by atoms with van der Waals surface area (Å²) in [6.07, 6.45) is 2.67. The van der Waals surface area contributed by atoms with Crippen LogP contribution in [0.1, 0.15) is 37.8 Å². The summed E-state index contributed by atoms with van der Waals surface area (Å²) in [4.78, 5) is 14.0. The van der Waals surface area contributed by atoms with Gasteiger partial charge in [0.1, 0.15) is 0 Å². The van der Waals surface area contributed by atoms with E-state index in [-0.39, 0.29) is 17.9 Å². The van der Waals surface area contributed by atoms with E-state index < -0.39 is 0 Å². The van der Waals surface area contributed by atoms with E-state index in [1.54, 1.807) is 14.2 Å². The van der Waals surface area contributed by atoms with Crippen LogP contribution in [0.25, 0.3) is 0 Å². The molecular formula is C17H26N2O3. The molecule has 1 aliphatic heterocycles. The van der Waals surface area contributed by atoms with Crippen molar-refractivity contribution in [3.05, 3.63) is 23.8 Å². The second kappa shape index (κ2) is 7.49. The summed E-state index contributed by atoms with van der Waals surface area (Å²) in [6.45, 7) is 3.71. The molecule has 1 heterocycles. The quantitative estimate of drug-likeness (QED) is 0.840. The molecule has 0 aromatic heterocycles. The number of amides is 1. The van der Waals surface area contributed by atoms with E-state index in [1.165, 1.54) is 0 Å². The Morgan fingerprint density at radius 1 is 1.32 bits per heavy atom. The number of ether oxygens (including phenoxy) is 2. The molecule has 1 aromatic rings. The van der Waals surface area contributed by atoms with Crippen molar-refractivity contribution in [2.24, 2.45) is 11.7 Å². The van der Waals surface area contributed by atoms with Gasteiger partial charge in [0.05, 0.1) is 14.2 Å². The van der Waals surface area contributed by atoms with Crippen LogP contribution in [0.5, 0.6) is 11.5 Å². The van der Waals surface area contributed by atoms with Crippen molar-refractivity contribution in [2.45, 2.75) is 32.2 Å². The van der Waals surface area contributed by atoms with Crippen LogP contribution in [0.3, 0.4) is 0 Å². The fourth-order valence-corrected chi connectivity index (χ4v) is 2.94. The molecule has 0 spiro atoms. The van der Waals surface area contributed by atoms with Gasteiger partial charge in [-0.2, -0.15) is 0 Å². The Morgan fingerprint density at radius 2 is 2.05 bits per heavy atom. The topological polar surface area (TPSA) is 64.8 Å². The van der Waals surface area contributed by atoms with Crippen LogP contribution in [0.2, 0.25) is 0 Å². The number of carbonyl (C=O) groups excluding carboxylic acids is 1. The standard InChI is InChI=1S/C17H26N2O3/c1-4-5-8-19-11-13(10-16(19)20)17(18)12-6-7-14(21-2)15(9-12)22-3/h6-7,9,13,17H,4-5,8,10-11,18H2,1-3H3. The Hall–Kier alpha value is -1.75. The predicted octanol–water partition coefficient (Wildman–Crippen LogP) is 2.35. The zero-order valence-electron chi connectivity index (χ0n) is 13.7. The first-order chi connectivity index (χ1) is 10.6. The predicted molar refractivity (Wildman–Crippen MR) is 86.1 cm³/mol. The summed E-state index contributed by atoms with van der Waals surface area (Å²) in [6, 6.07) is 5.54. The Kier molecular flexibility index (Phi) is 5.66. The number of nitrogens with two attached hydrogens (primary N) is 1. The molecule has 2 rings (SSSR count). The summed E-state index contributed by atoms with van der Waals surface area (Å²) < 4.78 is 10.6. The maximum atomic E-state index is 12.1. The monoisotopic (exact) mass is 306 g/mol. The van der Waals surface area contributed by atoms with Gasteiger partial charge >= 0.3 is 0 Å². The van der Waals surface area contributed by atoms with Gasteiger partial charge in [0.15, 0.2) is 11.5 Å². The summed E-state index contributed by atoms with van der Waals surface area (Å²) in [7, 11) is 3.22. The summed E-state index contributed by atoms with van der Waals surface area (Å²) in [5, 5.41) is 0. The molecule has 2 N–H and O–H groups in total. The first-order valence-electron chi connectivity index (χ1n) is 7.86. The van der Waals surface area contributed by atoms with Crippen molar-refractivity contribution in [2.75, 3.05) is 27.3 Å². The van der Waals surface area contributed by atoms with Gasteiger partial charge < -0.3 is 20.1 Å². The van der Waals surface area contributed by atoms with Crippen LogP contribution < -0.4 is 15.2 Å². The first-order valence-corrected chi connectivity index (χ1v) is 7.86. The molecule has 2 unspecified atom stereocenters. The number of unbranched alkanes of at least 4 members (excludes halogenated alkanes) is 1. The molecule has 5 heteroatoms. The number of rotatable bonds is 7. The molecule has 2 atom stereocenters. The Morgan fingerprint density at radius 3 is 2.68 bits per heavy atom. The van der Waals surface area contributed by atoms with Crippen LogP contribution in [-0.4, -0.2) is 38.1 Å². The highest BCUT2D eigenvalue weighted by Crippen LogP contribution is 2.34. The minimum atomic E-state index is -0.171. The van der Waals surface area contributed by atoms with Gasteiger partial charge in [-0.25, -0.2) is 0 Å². The van der Waals surface area contributed by atoms with Crippen molar-refractivity contribution in [1.29, 1.82) is 0 Å². The van der Waals surface area contributed by atoms with E-state index in [0.717, 1.165) is 31.5 Å². The number of carbonyl (C=O) groups is 1. The number of likely N-dealkylation sites (tertiary alicyclic amines) is 1. The molecule has 1 amide bonds. The van der Waals surface area contributed by atoms with Crippen molar-refractivity contribution >= 4 is 5.91 Å². The molecule has 1 aromatic carbocycles. The second-order valence-electron chi connectivity index (χ2n) is 5.80. The van der Waals surface area contributed by atoms with Crippen LogP contribution in [0, 0.1) is 5.92 Å². The van der Waals surface area contributed by atoms with Crippen molar-refractivity contribution in [3.63, 3.8) is 0 Å². The highest BCUT2D eigenvalue weighted by molar-refractivity contribution is 5.78. The molecule has 1 saturated heterocycles. The lowest BCUT2D eigenvalue weighted by Gasteiger charge is -2.21. The maximum absolute atomic E-state index is 12.1. The minimum Gasteiger partial charge on any atom is -0.493 e. The Bertz CT molecular complexity index is 519. The SMILES string of the molecule is CCCCN1CC(C(N)c2ccc(OC)c(OC)c2)CC1=O. The van der Waals surface area contributed by atoms with E-state index in [0.29, 0.717) is 17.9 Å². The molecule has 1 fully saturated rings. The zero-order valence-corrected chi connectivity index (χ0v) is 13.7. The molecule has 122 valence electrons. The van der Waals surface area contributed by atoms with Crippen molar-refractivity contribution in [1.82, 2.24) is 4.90 Å². The van der Waals surface area contributed by atoms with E-state index in [9.17, 15) is 4.79 Å². The van der Waals surface area contributed by atoms with E-state index >= 15 is 0 Å². The maximum Gasteiger partial charge on any atom is 0.222 e. The number of benzene rings is 1. The average Bonchev–Trinajstić information content (AvgIpc) is 2.92. The average molecular weight is 306 g/mol. The summed E-state index contributed by atoms with van der Waals surface area (Å²) >= 11 is 0. The Balaban J connectivity index is 2.08. The molecule has 0 radical (unpaired) electrons. The fraction of sp³-hybridized carbons (Fsp3) is 0.588. The summed E-state index contributed by atoms with van der Waals surface area (Å²) in [5.41, 5.74) is 7.37. The van der Waals surface area contributed by atoms with Gasteiger partial charge in [0.2, 0.25) is 5.91 Å². The molecule has 22 heavy (non-hydrogen) atoms. The third-order valence-electron chi connectivity index (χ3n) is 4.33. The van der Waals surface area contributed by atoms with Gasteiger partial charge in [0, 0.05) is 31.5 Å². The van der Waals surface area contributed by atoms with Crippen LogP contribution in [0.4, 0.5) is 0 Å². The normalized spacial score (nSPS) is 19.4. The third kappa shape index (κ3) is 3.53. The number of hydrogen-bond donors (Lipinski definition) is 1. The van der Waals surface area contributed by atoms with Crippen LogP contribution >= 0.6 is 0 Å². The number of methoxy groups -OCH3 is 2. The Labute approximate surface area is 132 Å². The van der Waals surface area contributed by atoms with Gasteiger partial charge in [-0.15, -0.1) is 0 Å². The molecule has 5 nitrogen and oxygen atoms in total. The largest absolute Gasteiger partial charge is 0.493 e. The highest BCUT2D eigenvalue weighted by Gasteiger charge is 2.33. The fourth-order valence-electron chi connectivity index (χ4n) is 2.94. The van der Waals surface area contributed by atoms with Gasteiger partial charge in [-0.05, 0) is 24.1 Å². The lowest BCUT2D eigenvalue weighted by atomic mass is 9.93. The van der Waals surface area contributed by atoms with Crippen LogP contribution in [-0.2, 0) is 4.79 Å². The minimum absolute atomic E-state index is 0.155. The van der Waals surface area contributed by atoms with E-state index in [2.05, 4.69) is 6.92 Å². The first kappa shape index (κ1) is 16.6.